The summed E-state index contributed by atoms with van der Waals surface area (Å²) in [7, 11) is 0. The van der Waals surface area contributed by atoms with Crippen molar-refractivity contribution >= 4 is 22.8 Å². The SMILES string of the molecule is O=C(O)CCCn1c(=O)oc2cccc(N3CCNCC3)c21. The molecule has 0 unspecified atom stereocenters. The summed E-state index contributed by atoms with van der Waals surface area (Å²) in [6.45, 7) is 3.89. The van der Waals surface area contributed by atoms with Gasteiger partial charge >= 0.3 is 11.7 Å². The van der Waals surface area contributed by atoms with E-state index in [0.29, 0.717) is 18.5 Å². The van der Waals surface area contributed by atoms with E-state index in [0.717, 1.165) is 37.4 Å². The summed E-state index contributed by atoms with van der Waals surface area (Å²) in [5, 5.41) is 12.1. The van der Waals surface area contributed by atoms with Gasteiger partial charge in [0.25, 0.3) is 0 Å². The van der Waals surface area contributed by atoms with Crippen molar-refractivity contribution in [2.75, 3.05) is 31.1 Å². The number of nitrogens with zero attached hydrogens (tertiary/aromatic N) is 2. The van der Waals surface area contributed by atoms with E-state index in [-0.39, 0.29) is 6.42 Å². The fourth-order valence-corrected chi connectivity index (χ4v) is 2.86. The molecule has 0 atom stereocenters. The maximum Gasteiger partial charge on any atom is 0.420 e. The molecule has 0 aliphatic carbocycles. The molecule has 0 spiro atoms. The molecule has 1 aliphatic rings. The Bertz CT molecular complexity index is 728. The zero-order valence-electron chi connectivity index (χ0n) is 12.2. The number of benzene rings is 1. The van der Waals surface area contributed by atoms with Crippen LogP contribution in [-0.4, -0.2) is 41.8 Å². The molecule has 0 bridgehead atoms. The molecule has 3 rings (SSSR count). The van der Waals surface area contributed by atoms with Gasteiger partial charge in [-0.15, -0.1) is 0 Å². The quantitative estimate of drug-likeness (QED) is 0.852. The molecule has 118 valence electrons. The second kappa shape index (κ2) is 6.23. The van der Waals surface area contributed by atoms with Gasteiger partial charge in [0, 0.05) is 39.1 Å². The molecule has 2 heterocycles. The normalized spacial score (nSPS) is 15.4. The van der Waals surface area contributed by atoms with E-state index in [4.69, 9.17) is 9.52 Å². The van der Waals surface area contributed by atoms with E-state index in [2.05, 4.69) is 10.2 Å². The van der Waals surface area contributed by atoms with Gasteiger partial charge in [-0.05, 0) is 18.6 Å². The standard InChI is InChI=1S/C15H19N3O4/c19-13(20)5-2-8-18-14-11(17-9-6-16-7-10-17)3-1-4-12(14)22-15(18)21/h1,3-4,16H,2,5-10H2,(H,19,20). The number of carboxylic acid groups (broad SMARTS) is 1. The molecule has 7 nitrogen and oxygen atoms in total. The lowest BCUT2D eigenvalue weighted by Gasteiger charge is -2.30. The van der Waals surface area contributed by atoms with Gasteiger partial charge in [-0.1, -0.05) is 6.07 Å². The van der Waals surface area contributed by atoms with Gasteiger partial charge in [-0.2, -0.15) is 0 Å². The molecule has 7 heteroatoms. The first-order valence-corrected chi connectivity index (χ1v) is 7.46. The number of oxazole rings is 1. The fourth-order valence-electron chi connectivity index (χ4n) is 2.86. The number of anilines is 1. The first-order valence-electron chi connectivity index (χ1n) is 7.46. The minimum absolute atomic E-state index is 0.0366. The van der Waals surface area contributed by atoms with Crippen molar-refractivity contribution in [1.29, 1.82) is 0 Å². The number of nitrogens with one attached hydrogen (secondary N) is 1. The van der Waals surface area contributed by atoms with Crippen LogP contribution in [0.15, 0.2) is 27.4 Å². The zero-order valence-corrected chi connectivity index (χ0v) is 12.2. The molecular formula is C15H19N3O4. The number of piperazine rings is 1. The van der Waals surface area contributed by atoms with Gasteiger partial charge < -0.3 is 19.7 Å². The third-order valence-electron chi connectivity index (χ3n) is 3.90. The predicted octanol–water partition coefficient (Wildman–Crippen LogP) is 0.869. The van der Waals surface area contributed by atoms with Gasteiger partial charge in [-0.25, -0.2) is 4.79 Å². The number of hydrogen-bond donors (Lipinski definition) is 2. The number of para-hydroxylation sites is 1. The van der Waals surface area contributed by atoms with E-state index in [1.54, 1.807) is 10.6 Å². The van der Waals surface area contributed by atoms with Gasteiger partial charge in [0.1, 0.15) is 5.52 Å². The lowest BCUT2D eigenvalue weighted by atomic mass is 10.2. The maximum atomic E-state index is 12.1. The summed E-state index contributed by atoms with van der Waals surface area (Å²) in [5.74, 6) is -1.29. The lowest BCUT2D eigenvalue weighted by molar-refractivity contribution is -0.137. The smallest absolute Gasteiger partial charge is 0.420 e. The third-order valence-corrected chi connectivity index (χ3v) is 3.90. The first kappa shape index (κ1) is 14.6. The number of hydrogen-bond acceptors (Lipinski definition) is 5. The number of fused-ring (bicyclic) bond motifs is 1. The molecule has 2 aromatic rings. The monoisotopic (exact) mass is 305 g/mol. The van der Waals surface area contributed by atoms with Crippen LogP contribution in [0.1, 0.15) is 12.8 Å². The maximum absolute atomic E-state index is 12.1. The van der Waals surface area contributed by atoms with Crippen molar-refractivity contribution in [3.8, 4) is 0 Å². The van der Waals surface area contributed by atoms with Crippen LogP contribution in [0.3, 0.4) is 0 Å². The summed E-state index contributed by atoms with van der Waals surface area (Å²) in [6, 6.07) is 5.64. The lowest BCUT2D eigenvalue weighted by Crippen LogP contribution is -2.43. The average Bonchev–Trinajstić information content (AvgIpc) is 2.84. The highest BCUT2D eigenvalue weighted by Crippen LogP contribution is 2.26. The largest absolute Gasteiger partial charge is 0.481 e. The van der Waals surface area contributed by atoms with Crippen LogP contribution in [0, 0.1) is 0 Å². The second-order valence-corrected chi connectivity index (χ2v) is 5.38. The Morgan fingerprint density at radius 3 is 2.82 bits per heavy atom. The molecule has 1 aromatic carbocycles. The van der Waals surface area contributed by atoms with Crippen LogP contribution >= 0.6 is 0 Å². The highest BCUT2D eigenvalue weighted by Gasteiger charge is 2.18. The number of carbonyl (C=O) groups is 1. The highest BCUT2D eigenvalue weighted by atomic mass is 16.4. The Morgan fingerprint density at radius 2 is 2.09 bits per heavy atom. The van der Waals surface area contributed by atoms with Gasteiger partial charge in [-0.3, -0.25) is 9.36 Å². The van der Waals surface area contributed by atoms with Crippen LogP contribution < -0.4 is 16.0 Å². The van der Waals surface area contributed by atoms with Crippen molar-refractivity contribution in [2.45, 2.75) is 19.4 Å². The Balaban J connectivity index is 1.97. The number of aryl methyl sites for hydroxylation is 1. The van der Waals surface area contributed by atoms with E-state index in [9.17, 15) is 9.59 Å². The van der Waals surface area contributed by atoms with E-state index < -0.39 is 11.7 Å². The first-order chi connectivity index (χ1) is 10.7. The molecule has 2 N–H and O–H groups in total. The fraction of sp³-hybridized carbons (Fsp3) is 0.467. The Kier molecular flexibility index (Phi) is 4.15. The third kappa shape index (κ3) is 2.85. The van der Waals surface area contributed by atoms with E-state index in [1.807, 2.05) is 12.1 Å². The van der Waals surface area contributed by atoms with Crippen LogP contribution in [0.25, 0.3) is 11.1 Å². The average molecular weight is 305 g/mol. The van der Waals surface area contributed by atoms with E-state index in [1.165, 1.54) is 0 Å². The van der Waals surface area contributed by atoms with Crippen molar-refractivity contribution in [2.24, 2.45) is 0 Å². The highest BCUT2D eigenvalue weighted by molar-refractivity contribution is 5.87. The Labute approximate surface area is 127 Å². The molecule has 1 fully saturated rings. The topological polar surface area (TPSA) is 87.7 Å². The summed E-state index contributed by atoms with van der Waals surface area (Å²) >= 11 is 0. The van der Waals surface area contributed by atoms with Crippen LogP contribution in [0.5, 0.6) is 0 Å². The minimum atomic E-state index is -0.858. The molecular weight excluding hydrogens is 286 g/mol. The van der Waals surface area contributed by atoms with E-state index >= 15 is 0 Å². The van der Waals surface area contributed by atoms with Crippen LogP contribution in [0.4, 0.5) is 5.69 Å². The van der Waals surface area contributed by atoms with Crippen molar-refractivity contribution < 1.29 is 14.3 Å². The summed E-state index contributed by atoms with van der Waals surface area (Å²) in [6.07, 6.45) is 0.439. The Hall–Kier alpha value is -2.28. The zero-order chi connectivity index (χ0) is 15.5. The second-order valence-electron chi connectivity index (χ2n) is 5.38. The van der Waals surface area contributed by atoms with Crippen molar-refractivity contribution in [1.82, 2.24) is 9.88 Å². The van der Waals surface area contributed by atoms with Gasteiger partial charge in [0.2, 0.25) is 0 Å². The molecule has 0 amide bonds. The predicted molar refractivity (Wildman–Crippen MR) is 82.4 cm³/mol. The van der Waals surface area contributed by atoms with Crippen molar-refractivity contribution in [3.63, 3.8) is 0 Å². The minimum Gasteiger partial charge on any atom is -0.481 e. The molecule has 0 radical (unpaired) electrons. The molecule has 1 aromatic heterocycles. The summed E-state index contributed by atoms with van der Waals surface area (Å²) < 4.78 is 6.86. The number of aromatic nitrogens is 1. The molecule has 1 aliphatic heterocycles. The van der Waals surface area contributed by atoms with Crippen LogP contribution in [-0.2, 0) is 11.3 Å². The number of aliphatic carboxylic acids is 1. The Morgan fingerprint density at radius 1 is 1.32 bits per heavy atom. The number of carboxylic acids is 1. The van der Waals surface area contributed by atoms with Crippen molar-refractivity contribution in [3.05, 3.63) is 28.7 Å². The molecule has 0 saturated carbocycles. The molecule has 1 saturated heterocycles. The van der Waals surface area contributed by atoms with Gasteiger partial charge in [0.05, 0.1) is 5.69 Å². The summed E-state index contributed by atoms with van der Waals surface area (Å²) in [4.78, 5) is 25.0. The van der Waals surface area contributed by atoms with Gasteiger partial charge in [0.15, 0.2) is 5.58 Å². The number of rotatable bonds is 5. The van der Waals surface area contributed by atoms with Crippen LogP contribution in [0.2, 0.25) is 0 Å². The summed E-state index contributed by atoms with van der Waals surface area (Å²) in [5.41, 5.74) is 2.29. The molecule has 22 heavy (non-hydrogen) atoms.